The van der Waals surface area contributed by atoms with E-state index in [0.29, 0.717) is 28.5 Å². The third kappa shape index (κ3) is 5.77. The van der Waals surface area contributed by atoms with E-state index in [9.17, 15) is 35.6 Å². The van der Waals surface area contributed by atoms with Gasteiger partial charge in [-0.15, -0.1) is 0 Å². The quantitative estimate of drug-likeness (QED) is 0.522. The van der Waals surface area contributed by atoms with Crippen molar-refractivity contribution in [3.8, 4) is 0 Å². The Morgan fingerprint density at radius 3 is 2.42 bits per heavy atom. The number of hydrogen-bond donors (Lipinski definition) is 2. The predicted octanol–water partition coefficient (Wildman–Crippen LogP) is 3.75. The summed E-state index contributed by atoms with van der Waals surface area (Å²) >= 11 is 0. The van der Waals surface area contributed by atoms with E-state index in [1.165, 1.54) is 37.3 Å². The average molecular weight is 483 g/mol. The van der Waals surface area contributed by atoms with Crippen LogP contribution >= 0.6 is 0 Å². The summed E-state index contributed by atoms with van der Waals surface area (Å²) in [5.41, 5.74) is -1.88. The first-order valence-corrected chi connectivity index (χ1v) is 10.8. The maximum absolute atomic E-state index is 13.8. The van der Waals surface area contributed by atoms with Gasteiger partial charge in [0, 0.05) is 18.0 Å². The highest BCUT2D eigenvalue weighted by Crippen LogP contribution is 2.28. The number of amides is 1. The fourth-order valence-corrected chi connectivity index (χ4v) is 4.23. The number of hydrogen-bond acceptors (Lipinski definition) is 4. The van der Waals surface area contributed by atoms with Gasteiger partial charge in [-0.05, 0) is 42.8 Å². The van der Waals surface area contributed by atoms with Crippen molar-refractivity contribution in [2.75, 3.05) is 10.0 Å². The van der Waals surface area contributed by atoms with Gasteiger partial charge in [-0.1, -0.05) is 18.2 Å². The van der Waals surface area contributed by atoms with Gasteiger partial charge in [0.2, 0.25) is 5.91 Å². The van der Waals surface area contributed by atoms with Gasteiger partial charge in [0.15, 0.2) is 0 Å². The molecule has 0 aliphatic rings. The lowest BCUT2D eigenvalue weighted by molar-refractivity contribution is -0.138. The van der Waals surface area contributed by atoms with Crippen molar-refractivity contribution in [3.05, 3.63) is 88.1 Å². The Morgan fingerprint density at radius 1 is 1.06 bits per heavy atom. The number of sulfonamides is 1. The van der Waals surface area contributed by atoms with Crippen LogP contribution in [0.4, 0.5) is 28.9 Å². The molecule has 33 heavy (non-hydrogen) atoms. The Morgan fingerprint density at radius 2 is 1.76 bits per heavy atom. The molecule has 0 aliphatic carbocycles. The van der Waals surface area contributed by atoms with Crippen LogP contribution in [0.25, 0.3) is 0 Å². The average Bonchev–Trinajstić information content (AvgIpc) is 2.71. The topological polar surface area (TPSA) is 97.3 Å². The number of nitrogens with zero attached hydrogens (tertiary/aromatic N) is 1. The van der Waals surface area contributed by atoms with Crippen molar-refractivity contribution in [2.24, 2.45) is 0 Å². The first-order valence-electron chi connectivity index (χ1n) is 9.32. The summed E-state index contributed by atoms with van der Waals surface area (Å²) in [6.07, 6.45) is -4.18. The van der Waals surface area contributed by atoms with E-state index in [2.05, 4.69) is 10.0 Å². The number of anilines is 2. The Balaban J connectivity index is 1.82. The molecular weight excluding hydrogens is 466 g/mol. The second kappa shape index (κ2) is 9.06. The molecule has 0 aliphatic heterocycles. The zero-order valence-electron chi connectivity index (χ0n) is 17.0. The Bertz CT molecular complexity index is 1370. The highest BCUT2D eigenvalue weighted by Gasteiger charge is 2.31. The maximum atomic E-state index is 13.8. The van der Waals surface area contributed by atoms with Crippen LogP contribution in [-0.4, -0.2) is 18.9 Å². The number of aromatic nitrogens is 1. The molecule has 3 rings (SSSR count). The molecule has 1 aromatic heterocycles. The van der Waals surface area contributed by atoms with E-state index < -0.39 is 45.6 Å². The van der Waals surface area contributed by atoms with Gasteiger partial charge in [0.25, 0.3) is 15.6 Å². The minimum Gasteiger partial charge on any atom is -0.324 e. The number of para-hydroxylation sites is 1. The summed E-state index contributed by atoms with van der Waals surface area (Å²) in [4.78, 5) is 23.9. The number of aryl methyl sites for hydroxylation is 1. The second-order valence-corrected chi connectivity index (χ2v) is 8.65. The van der Waals surface area contributed by atoms with Crippen LogP contribution in [0.1, 0.15) is 11.1 Å². The number of carbonyl (C=O) groups excluding carboxylic acids is 1. The zero-order valence-corrected chi connectivity index (χ0v) is 17.8. The van der Waals surface area contributed by atoms with Gasteiger partial charge < -0.3 is 9.88 Å². The van der Waals surface area contributed by atoms with Crippen LogP contribution in [0.3, 0.4) is 0 Å². The molecule has 0 bridgehead atoms. The van der Waals surface area contributed by atoms with E-state index in [4.69, 9.17) is 0 Å². The van der Waals surface area contributed by atoms with E-state index in [1.807, 2.05) is 0 Å². The normalized spacial score (nSPS) is 11.8. The Labute approximate surface area is 185 Å². The number of pyridine rings is 1. The Hall–Kier alpha value is -3.67. The number of rotatable bonds is 6. The summed E-state index contributed by atoms with van der Waals surface area (Å²) < 4.78 is 80.6. The van der Waals surface area contributed by atoms with Gasteiger partial charge in [-0.3, -0.25) is 14.3 Å². The first-order chi connectivity index (χ1) is 15.4. The van der Waals surface area contributed by atoms with Crippen molar-refractivity contribution in [3.63, 3.8) is 0 Å². The third-order valence-electron chi connectivity index (χ3n) is 4.50. The maximum Gasteiger partial charge on any atom is 0.417 e. The lowest BCUT2D eigenvalue weighted by Crippen LogP contribution is -2.28. The molecule has 0 spiro atoms. The molecule has 0 fully saturated rings. The number of carbonyl (C=O) groups is 1. The summed E-state index contributed by atoms with van der Waals surface area (Å²) in [6, 6.07) is 10.3. The highest BCUT2D eigenvalue weighted by atomic mass is 32.2. The summed E-state index contributed by atoms with van der Waals surface area (Å²) in [7, 11) is -4.23. The van der Waals surface area contributed by atoms with Gasteiger partial charge >= 0.3 is 6.18 Å². The molecule has 2 aromatic carbocycles. The molecule has 3 aromatic rings. The lowest BCUT2D eigenvalue weighted by Gasteiger charge is -2.14. The molecule has 174 valence electrons. The minimum atomic E-state index is -4.70. The molecule has 0 atom stereocenters. The van der Waals surface area contributed by atoms with Gasteiger partial charge in [-0.25, -0.2) is 12.8 Å². The van der Waals surface area contributed by atoms with Crippen molar-refractivity contribution in [2.45, 2.75) is 24.5 Å². The SMILES string of the molecule is Cc1ccc(NC(=O)Cn2cc(C(F)(F)F)ccc2=O)cc1S(=O)(=O)Nc1ccccc1F. The number of halogens is 4. The Kier molecular flexibility index (Phi) is 6.58. The van der Waals surface area contributed by atoms with Crippen LogP contribution in [0.2, 0.25) is 0 Å². The zero-order chi connectivity index (χ0) is 24.4. The number of nitrogens with one attached hydrogen (secondary N) is 2. The van der Waals surface area contributed by atoms with Crippen LogP contribution in [-0.2, 0) is 27.5 Å². The van der Waals surface area contributed by atoms with E-state index in [1.54, 1.807) is 0 Å². The molecule has 0 radical (unpaired) electrons. The van der Waals surface area contributed by atoms with Crippen LogP contribution in [0.15, 0.2) is 70.5 Å². The van der Waals surface area contributed by atoms with E-state index >= 15 is 0 Å². The summed E-state index contributed by atoms with van der Waals surface area (Å²) in [6.45, 7) is 0.760. The van der Waals surface area contributed by atoms with Gasteiger partial charge in [0.05, 0.1) is 16.1 Å². The standard InChI is InChI=1S/C21H17F4N3O4S/c1-13-6-8-15(10-18(13)33(31,32)27-17-5-3-2-4-16(17)22)26-19(29)12-28-11-14(21(23,24)25)7-9-20(28)30/h2-11,27H,12H2,1H3,(H,26,29). The van der Waals surface area contributed by atoms with Crippen molar-refractivity contribution in [1.29, 1.82) is 0 Å². The smallest absolute Gasteiger partial charge is 0.324 e. The van der Waals surface area contributed by atoms with Crippen LogP contribution in [0.5, 0.6) is 0 Å². The highest BCUT2D eigenvalue weighted by molar-refractivity contribution is 7.92. The summed E-state index contributed by atoms with van der Waals surface area (Å²) in [5.74, 6) is -1.64. The van der Waals surface area contributed by atoms with Crippen LogP contribution < -0.4 is 15.6 Å². The summed E-state index contributed by atoms with van der Waals surface area (Å²) in [5, 5.41) is 2.34. The minimum absolute atomic E-state index is 0.0135. The fourth-order valence-electron chi connectivity index (χ4n) is 2.89. The third-order valence-corrected chi connectivity index (χ3v) is 6.01. The van der Waals surface area contributed by atoms with Gasteiger partial charge in [0.1, 0.15) is 12.4 Å². The monoisotopic (exact) mass is 483 g/mol. The molecule has 0 saturated heterocycles. The molecular formula is C21H17F4N3O4S. The van der Waals surface area contributed by atoms with Crippen molar-refractivity contribution in [1.82, 2.24) is 4.57 Å². The molecule has 12 heteroatoms. The lowest BCUT2D eigenvalue weighted by atomic mass is 10.2. The molecule has 0 saturated carbocycles. The predicted molar refractivity (Wildman–Crippen MR) is 113 cm³/mol. The van der Waals surface area contributed by atoms with Crippen molar-refractivity contribution < 1.29 is 30.8 Å². The largest absolute Gasteiger partial charge is 0.417 e. The van der Waals surface area contributed by atoms with E-state index in [-0.39, 0.29) is 16.3 Å². The molecule has 1 amide bonds. The second-order valence-electron chi connectivity index (χ2n) is 7.00. The number of benzene rings is 2. The molecule has 0 unspecified atom stereocenters. The number of alkyl halides is 3. The van der Waals surface area contributed by atoms with Gasteiger partial charge in [-0.2, -0.15) is 13.2 Å². The molecule has 2 N–H and O–H groups in total. The fraction of sp³-hybridized carbons (Fsp3) is 0.143. The molecule has 1 heterocycles. The van der Waals surface area contributed by atoms with Crippen molar-refractivity contribution >= 4 is 27.3 Å². The van der Waals surface area contributed by atoms with Crippen LogP contribution in [0, 0.1) is 12.7 Å². The van der Waals surface area contributed by atoms with E-state index in [0.717, 1.165) is 12.1 Å². The molecule has 7 nitrogen and oxygen atoms in total. The first kappa shape index (κ1) is 24.0.